The summed E-state index contributed by atoms with van der Waals surface area (Å²) in [6.07, 6.45) is 2.68. The zero-order valence-electron chi connectivity index (χ0n) is 15.2. The molecule has 0 saturated carbocycles. The highest BCUT2D eigenvalue weighted by Gasteiger charge is 2.17. The molecule has 1 N–H and O–H groups in total. The van der Waals surface area contributed by atoms with Crippen molar-refractivity contribution in [2.45, 2.75) is 39.8 Å². The van der Waals surface area contributed by atoms with E-state index in [0.717, 1.165) is 43.8 Å². The number of imidazole rings is 1. The Morgan fingerprint density at radius 2 is 1.75 bits per heavy atom. The second kappa shape index (κ2) is 7.64. The van der Waals surface area contributed by atoms with Crippen LogP contribution in [0.1, 0.15) is 24.5 Å². The molecule has 1 aromatic heterocycles. The van der Waals surface area contributed by atoms with Gasteiger partial charge in [0, 0.05) is 19.6 Å². The Morgan fingerprint density at radius 1 is 1.04 bits per heavy atom. The van der Waals surface area contributed by atoms with Gasteiger partial charge >= 0.3 is 0 Å². The van der Waals surface area contributed by atoms with Crippen LogP contribution >= 0.6 is 0 Å². The third-order valence-corrected chi connectivity index (χ3v) is 5.24. The van der Waals surface area contributed by atoms with Gasteiger partial charge in [-0.1, -0.05) is 6.92 Å². The lowest BCUT2D eigenvalue weighted by Crippen LogP contribution is -2.37. The van der Waals surface area contributed by atoms with Gasteiger partial charge in [-0.15, -0.1) is 0 Å². The fourth-order valence-electron chi connectivity index (χ4n) is 3.56. The molecule has 1 fully saturated rings. The van der Waals surface area contributed by atoms with Gasteiger partial charge in [0.05, 0.1) is 30.0 Å². The molecule has 1 saturated heterocycles. The molecule has 0 spiro atoms. The maximum atomic E-state index is 10.6. The van der Waals surface area contributed by atoms with E-state index in [-0.39, 0.29) is 6.10 Å². The molecule has 2 aromatic rings. The Balaban J connectivity index is 1.62. The number of aliphatic hydroxyl groups is 1. The molecule has 24 heavy (non-hydrogen) atoms. The van der Waals surface area contributed by atoms with Crippen LogP contribution in [0.4, 0.5) is 0 Å². The number of aliphatic hydroxyl groups excluding tert-OH is 1. The highest BCUT2D eigenvalue weighted by atomic mass is 16.3. The zero-order chi connectivity index (χ0) is 17.1. The molecule has 1 unspecified atom stereocenters. The number of fused-ring (bicyclic) bond motifs is 1. The highest BCUT2D eigenvalue weighted by Crippen LogP contribution is 2.18. The van der Waals surface area contributed by atoms with Crippen molar-refractivity contribution in [3.8, 4) is 0 Å². The van der Waals surface area contributed by atoms with Crippen LogP contribution < -0.4 is 0 Å². The normalized spacial score (nSPS) is 18.8. The van der Waals surface area contributed by atoms with Crippen molar-refractivity contribution in [3.05, 3.63) is 29.6 Å². The molecule has 5 heteroatoms. The summed E-state index contributed by atoms with van der Waals surface area (Å²) < 4.78 is 2.09. The van der Waals surface area contributed by atoms with E-state index < -0.39 is 0 Å². The summed E-state index contributed by atoms with van der Waals surface area (Å²) in [7, 11) is 0. The van der Waals surface area contributed by atoms with Gasteiger partial charge in [-0.2, -0.15) is 0 Å². The van der Waals surface area contributed by atoms with E-state index in [4.69, 9.17) is 0 Å². The Morgan fingerprint density at radius 3 is 2.54 bits per heavy atom. The summed E-state index contributed by atoms with van der Waals surface area (Å²) in [5, 5.41) is 10.6. The molecule has 0 radical (unpaired) electrons. The van der Waals surface area contributed by atoms with E-state index in [1.165, 1.54) is 24.1 Å². The van der Waals surface area contributed by atoms with Crippen LogP contribution in [0.25, 0.3) is 11.0 Å². The molecule has 1 aliphatic rings. The molecule has 132 valence electrons. The molecule has 1 aromatic carbocycles. The van der Waals surface area contributed by atoms with Crippen LogP contribution in [0.3, 0.4) is 0 Å². The molecular weight excluding hydrogens is 300 g/mol. The van der Waals surface area contributed by atoms with E-state index in [9.17, 15) is 5.11 Å². The van der Waals surface area contributed by atoms with E-state index >= 15 is 0 Å². The third-order valence-electron chi connectivity index (χ3n) is 5.24. The van der Waals surface area contributed by atoms with Crippen molar-refractivity contribution in [3.63, 3.8) is 0 Å². The minimum atomic E-state index is -0.364. The van der Waals surface area contributed by atoms with Crippen molar-refractivity contribution in [2.75, 3.05) is 39.3 Å². The molecule has 5 nitrogen and oxygen atoms in total. The van der Waals surface area contributed by atoms with E-state index in [0.29, 0.717) is 6.54 Å². The summed E-state index contributed by atoms with van der Waals surface area (Å²) in [5.41, 5.74) is 4.66. The average Bonchev–Trinajstić information content (AvgIpc) is 2.79. The zero-order valence-corrected chi connectivity index (χ0v) is 15.2. The van der Waals surface area contributed by atoms with Crippen molar-refractivity contribution < 1.29 is 5.11 Å². The van der Waals surface area contributed by atoms with Gasteiger partial charge in [0.2, 0.25) is 0 Å². The van der Waals surface area contributed by atoms with Crippen molar-refractivity contribution in [1.29, 1.82) is 0 Å². The maximum Gasteiger partial charge on any atom is 0.0959 e. The SMILES string of the molecule is CCN1CCCN(CC(O)Cn2cnc3cc(C)c(C)cc32)CC1. The first-order valence-electron chi connectivity index (χ1n) is 9.11. The predicted octanol–water partition coefficient (Wildman–Crippen LogP) is 2.04. The second-order valence-electron chi connectivity index (χ2n) is 7.06. The first-order chi connectivity index (χ1) is 11.6. The first kappa shape index (κ1) is 17.4. The molecule has 0 bridgehead atoms. The Kier molecular flexibility index (Phi) is 5.54. The summed E-state index contributed by atoms with van der Waals surface area (Å²) in [5.74, 6) is 0. The summed E-state index contributed by atoms with van der Waals surface area (Å²) in [6, 6.07) is 4.30. The van der Waals surface area contributed by atoms with E-state index in [2.05, 4.69) is 52.3 Å². The largest absolute Gasteiger partial charge is 0.390 e. The minimum Gasteiger partial charge on any atom is -0.390 e. The fourth-order valence-corrected chi connectivity index (χ4v) is 3.56. The second-order valence-corrected chi connectivity index (χ2v) is 7.06. The quantitative estimate of drug-likeness (QED) is 0.911. The monoisotopic (exact) mass is 330 g/mol. The van der Waals surface area contributed by atoms with Crippen LogP contribution in [-0.4, -0.2) is 69.8 Å². The molecule has 0 amide bonds. The molecule has 2 heterocycles. The lowest BCUT2D eigenvalue weighted by atomic mass is 10.1. The van der Waals surface area contributed by atoms with E-state index in [1.807, 2.05) is 6.33 Å². The van der Waals surface area contributed by atoms with Gasteiger partial charge < -0.3 is 14.6 Å². The van der Waals surface area contributed by atoms with Gasteiger partial charge in [-0.25, -0.2) is 4.98 Å². The number of benzene rings is 1. The number of hydrogen-bond acceptors (Lipinski definition) is 4. The van der Waals surface area contributed by atoms with Gasteiger partial charge in [0.15, 0.2) is 0 Å². The number of aryl methyl sites for hydroxylation is 2. The topological polar surface area (TPSA) is 44.5 Å². The molecule has 0 aliphatic carbocycles. The van der Waals surface area contributed by atoms with Crippen LogP contribution in [0.5, 0.6) is 0 Å². The van der Waals surface area contributed by atoms with Crippen LogP contribution in [0, 0.1) is 13.8 Å². The molecule has 3 rings (SSSR count). The number of likely N-dealkylation sites (N-methyl/N-ethyl adjacent to an activating group) is 1. The average molecular weight is 330 g/mol. The fraction of sp³-hybridized carbons (Fsp3) is 0.632. The number of rotatable bonds is 5. The number of hydrogen-bond donors (Lipinski definition) is 1. The first-order valence-corrected chi connectivity index (χ1v) is 9.11. The Bertz CT molecular complexity index is 681. The highest BCUT2D eigenvalue weighted by molar-refractivity contribution is 5.77. The van der Waals surface area contributed by atoms with Crippen LogP contribution in [0.15, 0.2) is 18.5 Å². The molecule has 1 atom stereocenters. The lowest BCUT2D eigenvalue weighted by Gasteiger charge is -2.24. The van der Waals surface area contributed by atoms with Crippen LogP contribution in [-0.2, 0) is 6.54 Å². The smallest absolute Gasteiger partial charge is 0.0959 e. The van der Waals surface area contributed by atoms with Crippen molar-refractivity contribution in [1.82, 2.24) is 19.4 Å². The summed E-state index contributed by atoms with van der Waals surface area (Å²) in [6.45, 7) is 13.3. The number of nitrogens with zero attached hydrogens (tertiary/aromatic N) is 4. The summed E-state index contributed by atoms with van der Waals surface area (Å²) in [4.78, 5) is 9.37. The maximum absolute atomic E-state index is 10.6. The number of β-amino-alcohol motifs (C(OH)–C–C–N with tert-alkyl or cyclic N) is 1. The van der Waals surface area contributed by atoms with Gasteiger partial charge in [-0.3, -0.25) is 4.90 Å². The number of aromatic nitrogens is 2. The summed E-state index contributed by atoms with van der Waals surface area (Å²) >= 11 is 0. The Labute approximate surface area is 144 Å². The van der Waals surface area contributed by atoms with Crippen molar-refractivity contribution in [2.24, 2.45) is 0 Å². The van der Waals surface area contributed by atoms with Crippen LogP contribution in [0.2, 0.25) is 0 Å². The van der Waals surface area contributed by atoms with E-state index in [1.54, 1.807) is 0 Å². The predicted molar refractivity (Wildman–Crippen MR) is 98.4 cm³/mol. The molecular formula is C19H30N4O. The molecule has 1 aliphatic heterocycles. The van der Waals surface area contributed by atoms with Gasteiger partial charge in [-0.05, 0) is 63.2 Å². The standard InChI is InChI=1S/C19H30N4O/c1-4-21-6-5-7-22(9-8-21)12-17(24)13-23-14-20-18-10-15(2)16(3)11-19(18)23/h10-11,14,17,24H,4-9,12-13H2,1-3H3. The van der Waals surface area contributed by atoms with Gasteiger partial charge in [0.25, 0.3) is 0 Å². The lowest BCUT2D eigenvalue weighted by molar-refractivity contribution is 0.100. The third kappa shape index (κ3) is 3.97. The minimum absolute atomic E-state index is 0.364. The van der Waals surface area contributed by atoms with Crippen molar-refractivity contribution >= 4 is 11.0 Å². The Hall–Kier alpha value is -1.43. The van der Waals surface area contributed by atoms with Gasteiger partial charge in [0.1, 0.15) is 0 Å².